The van der Waals surface area contributed by atoms with Crippen molar-refractivity contribution in [3.63, 3.8) is 0 Å². The fraction of sp³-hybridized carbons (Fsp3) is 0.280. The van der Waals surface area contributed by atoms with Gasteiger partial charge in [-0.05, 0) is 73.5 Å². The van der Waals surface area contributed by atoms with Crippen molar-refractivity contribution < 1.29 is 50.9 Å². The van der Waals surface area contributed by atoms with E-state index in [1.165, 1.54) is 6.20 Å². The highest BCUT2D eigenvalue weighted by molar-refractivity contribution is 7.85. The summed E-state index contributed by atoms with van der Waals surface area (Å²) in [6, 6.07) is 23.0. The van der Waals surface area contributed by atoms with Gasteiger partial charge < -0.3 is 57.2 Å². The Kier molecular flexibility index (Phi) is 17.9. The summed E-state index contributed by atoms with van der Waals surface area (Å²) in [4.78, 5) is 84.3. The lowest BCUT2D eigenvalue weighted by Gasteiger charge is -2.17. The summed E-state index contributed by atoms with van der Waals surface area (Å²) in [7, 11) is -4.41. The maximum Gasteiger partial charge on any atom is 0.345 e. The molecule has 0 aliphatic rings. The maximum atomic E-state index is 14.1. The Morgan fingerprint density at radius 1 is 0.827 bits per heavy atom. The number of aryl methyl sites for hydroxylation is 3. The lowest BCUT2D eigenvalue weighted by atomic mass is 10.0. The zero-order chi connectivity index (χ0) is 53.6. The van der Waals surface area contributed by atoms with Gasteiger partial charge in [-0.25, -0.2) is 23.2 Å². The number of guanidine groups is 1. The van der Waals surface area contributed by atoms with E-state index < -0.39 is 45.3 Å². The largest absolute Gasteiger partial charge is 0.748 e. The third-order valence-corrected chi connectivity index (χ3v) is 12.2. The van der Waals surface area contributed by atoms with E-state index in [0.717, 1.165) is 0 Å². The average Bonchev–Trinajstić information content (AvgIpc) is 3.38. The number of aromatic nitrogens is 5. The number of pyridine rings is 1. The van der Waals surface area contributed by atoms with Gasteiger partial charge in [-0.15, -0.1) is 0 Å². The smallest absolute Gasteiger partial charge is 0.345 e. The Bertz CT molecular complexity index is 3380. The summed E-state index contributed by atoms with van der Waals surface area (Å²) in [5.41, 5.74) is 20.7. The van der Waals surface area contributed by atoms with E-state index in [2.05, 4.69) is 46.2 Å². The summed E-state index contributed by atoms with van der Waals surface area (Å²) in [6.45, 7) is 4.68. The standard InChI is InChI=1S/C50H55N13O11S/c1-29-24-32(25-30(2)42(29)74-48(68)40-35-8-3-5-10-38(35)63(18-7-23-75(69,70)71)39-11-6-4-9-36(39)40)44(64)54-16-19-72-21-22-73-20-17-55-46(66)37(28-58-49(51)52)60-45(65)31-12-14-33(15-13-31)56-26-34-27-57-43-41(59-34)47(67)62-50(53)61-43/h3-6,8-15,24-25,27,37H,7,16-23,26,28H2,1-2H3,(H11-,51,52,53,54,55,56,57,58,60,61,62,64,65,66,67,69,70,71). The minimum atomic E-state index is -4.41. The zero-order valence-electron chi connectivity index (χ0n) is 40.9. The van der Waals surface area contributed by atoms with E-state index in [1.807, 2.05) is 16.7 Å². The molecule has 1 unspecified atom stereocenters. The molecule has 0 saturated carbocycles. The molecule has 4 aromatic carbocycles. The normalized spacial score (nSPS) is 11.8. The molecule has 392 valence electrons. The molecule has 0 spiro atoms. The molecule has 11 N–H and O–H groups in total. The molecule has 0 radical (unpaired) electrons. The first kappa shape index (κ1) is 54.1. The molecular formula is C50H55N13O11S. The zero-order valence-corrected chi connectivity index (χ0v) is 41.7. The number of nitrogens with one attached hydrogen (secondary N) is 5. The SMILES string of the molecule is Cc1cc(C(=O)NCCOCCOCCNC(=O)C(CN=C(N)N)NC(=O)c2ccc(NCc3cnc4nc(N)[nH]c(=O)c4n3)cc2)cc(C)c1OC(=O)c1c2ccccc2[n+](CCCS(=O)(=O)[O-])c2ccccc12. The first-order valence-electron chi connectivity index (χ1n) is 23.5. The topological polar surface area (TPSA) is 367 Å². The molecule has 3 amide bonds. The van der Waals surface area contributed by atoms with Crippen LogP contribution in [0.4, 0.5) is 11.6 Å². The molecule has 0 bridgehead atoms. The lowest BCUT2D eigenvalue weighted by Crippen LogP contribution is -2.49. The molecule has 1 atom stereocenters. The van der Waals surface area contributed by atoms with Crippen LogP contribution in [-0.4, -0.2) is 120 Å². The number of ether oxygens (including phenoxy) is 3. The van der Waals surface area contributed by atoms with E-state index in [9.17, 15) is 36.9 Å². The van der Waals surface area contributed by atoms with Gasteiger partial charge in [-0.1, -0.05) is 24.3 Å². The highest BCUT2D eigenvalue weighted by atomic mass is 32.2. The van der Waals surface area contributed by atoms with Crippen molar-refractivity contribution in [2.24, 2.45) is 16.5 Å². The number of nitrogens with two attached hydrogens (primary N) is 3. The van der Waals surface area contributed by atoms with Gasteiger partial charge in [-0.2, -0.15) is 9.55 Å². The predicted molar refractivity (Wildman–Crippen MR) is 277 cm³/mol. The number of amides is 3. The Morgan fingerprint density at radius 2 is 1.45 bits per heavy atom. The van der Waals surface area contributed by atoms with Crippen LogP contribution in [0.1, 0.15) is 54.3 Å². The first-order valence-corrected chi connectivity index (χ1v) is 25.1. The van der Waals surface area contributed by atoms with Crippen LogP contribution in [-0.2, 0) is 37.5 Å². The third-order valence-electron chi connectivity index (χ3n) is 11.5. The van der Waals surface area contributed by atoms with Crippen molar-refractivity contribution in [1.29, 1.82) is 0 Å². The summed E-state index contributed by atoms with van der Waals surface area (Å²) in [6.07, 6.45) is 1.56. The monoisotopic (exact) mass is 1050 g/mol. The van der Waals surface area contributed by atoms with Crippen LogP contribution in [0.3, 0.4) is 0 Å². The number of esters is 1. The number of para-hydroxylation sites is 2. The van der Waals surface area contributed by atoms with Crippen LogP contribution < -0.4 is 53.3 Å². The summed E-state index contributed by atoms with van der Waals surface area (Å²) >= 11 is 0. The molecule has 25 heteroatoms. The second-order valence-electron chi connectivity index (χ2n) is 17.0. The Hall–Kier alpha value is -8.65. The summed E-state index contributed by atoms with van der Waals surface area (Å²) in [5, 5.41) is 12.5. The lowest BCUT2D eigenvalue weighted by molar-refractivity contribution is -0.645. The number of rotatable bonds is 24. The van der Waals surface area contributed by atoms with E-state index in [-0.39, 0.29) is 100 Å². The number of fused-ring (bicyclic) bond motifs is 3. The molecule has 0 aliphatic carbocycles. The van der Waals surface area contributed by atoms with Crippen molar-refractivity contribution in [2.45, 2.75) is 39.4 Å². The molecule has 0 saturated heterocycles. The van der Waals surface area contributed by atoms with Crippen molar-refractivity contribution >= 4 is 84.4 Å². The van der Waals surface area contributed by atoms with Crippen molar-refractivity contribution in [3.8, 4) is 5.75 Å². The van der Waals surface area contributed by atoms with E-state index >= 15 is 0 Å². The van der Waals surface area contributed by atoms with Gasteiger partial charge in [0.05, 0.1) is 77.9 Å². The van der Waals surface area contributed by atoms with E-state index in [0.29, 0.717) is 61.2 Å². The summed E-state index contributed by atoms with van der Waals surface area (Å²) < 4.78 is 53.2. The number of aliphatic imine (C=N–C) groups is 1. The van der Waals surface area contributed by atoms with Gasteiger partial charge in [0.15, 0.2) is 23.7 Å². The predicted octanol–water partition coefficient (Wildman–Crippen LogP) is 1.22. The molecular weight excluding hydrogens is 991 g/mol. The molecule has 75 heavy (non-hydrogen) atoms. The molecule has 24 nitrogen and oxygen atoms in total. The molecule has 0 aliphatic heterocycles. The van der Waals surface area contributed by atoms with E-state index in [4.69, 9.17) is 31.4 Å². The number of nitrogens with zero attached hydrogens (tertiary/aromatic N) is 5. The van der Waals surface area contributed by atoms with Crippen LogP contribution in [0, 0.1) is 13.8 Å². The minimum Gasteiger partial charge on any atom is -0.748 e. The molecule has 0 fully saturated rings. The second kappa shape index (κ2) is 24.9. The number of nitrogen functional groups attached to an aromatic ring is 1. The average molecular weight is 1050 g/mol. The highest BCUT2D eigenvalue weighted by Crippen LogP contribution is 2.30. The fourth-order valence-corrected chi connectivity index (χ4v) is 8.50. The first-order chi connectivity index (χ1) is 35.9. The van der Waals surface area contributed by atoms with Crippen LogP contribution in [0.2, 0.25) is 0 Å². The van der Waals surface area contributed by atoms with Gasteiger partial charge in [0.1, 0.15) is 11.8 Å². The summed E-state index contributed by atoms with van der Waals surface area (Å²) in [5.74, 6) is -2.63. The highest BCUT2D eigenvalue weighted by Gasteiger charge is 2.27. The third kappa shape index (κ3) is 14.5. The number of carbonyl (C=O) groups is 4. The van der Waals surface area contributed by atoms with Gasteiger partial charge >= 0.3 is 5.97 Å². The van der Waals surface area contributed by atoms with Crippen molar-refractivity contribution in [2.75, 3.05) is 62.9 Å². The van der Waals surface area contributed by atoms with Crippen LogP contribution >= 0.6 is 0 Å². The number of H-pyrrole nitrogens is 1. The second-order valence-corrected chi connectivity index (χ2v) is 18.5. The van der Waals surface area contributed by atoms with Crippen LogP contribution in [0.15, 0.2) is 101 Å². The number of benzene rings is 4. The molecule has 3 heterocycles. The van der Waals surface area contributed by atoms with Crippen LogP contribution in [0.5, 0.6) is 5.75 Å². The maximum absolute atomic E-state index is 14.1. The van der Waals surface area contributed by atoms with Crippen LogP contribution in [0.25, 0.3) is 33.0 Å². The molecule has 3 aromatic heterocycles. The number of carbonyl (C=O) groups excluding carboxylic acids is 4. The molecule has 7 rings (SSSR count). The fourth-order valence-electron chi connectivity index (χ4n) is 8.01. The minimum absolute atomic E-state index is 0.0469. The number of aromatic amines is 1. The Morgan fingerprint density at radius 3 is 2.08 bits per heavy atom. The number of hydrogen-bond acceptors (Lipinski definition) is 17. The Labute approximate surface area is 429 Å². The Balaban J connectivity index is 0.819. The van der Waals surface area contributed by atoms with Crippen molar-refractivity contribution in [3.05, 3.63) is 135 Å². The van der Waals surface area contributed by atoms with Crippen molar-refractivity contribution in [1.82, 2.24) is 35.9 Å². The number of hydrogen-bond donors (Lipinski definition) is 8. The van der Waals surface area contributed by atoms with Gasteiger partial charge in [0.25, 0.3) is 17.4 Å². The quantitative estimate of drug-likeness (QED) is 0.00616. The van der Waals surface area contributed by atoms with Gasteiger partial charge in [0, 0.05) is 54.2 Å². The molecule has 7 aromatic rings. The van der Waals surface area contributed by atoms with E-state index in [1.54, 1.807) is 86.6 Å². The number of anilines is 2. The van der Waals surface area contributed by atoms with Gasteiger partial charge in [-0.3, -0.25) is 29.2 Å². The van der Waals surface area contributed by atoms with Gasteiger partial charge in [0.2, 0.25) is 22.9 Å².